The van der Waals surface area contributed by atoms with Gasteiger partial charge in [0.05, 0.1) is 17.7 Å². The van der Waals surface area contributed by atoms with Crippen LogP contribution in [0.3, 0.4) is 0 Å². The molecule has 1 amide bonds. The molecule has 0 bridgehead atoms. The molecular weight excluding hydrogens is 406 g/mol. The lowest BCUT2D eigenvalue weighted by molar-refractivity contribution is -0.116. The SMILES string of the molecule is COc1ccccc1NC(=O)Cn1c(C)ccc(NS(=O)(=O)c2ccccc2)c1=O. The average Bonchev–Trinajstić information content (AvgIpc) is 2.74. The number of amides is 1. The second-order valence-corrected chi connectivity index (χ2v) is 8.13. The Labute approximate surface area is 174 Å². The monoisotopic (exact) mass is 427 g/mol. The fourth-order valence-electron chi connectivity index (χ4n) is 2.83. The van der Waals surface area contributed by atoms with Crippen LogP contribution in [0.25, 0.3) is 0 Å². The second-order valence-electron chi connectivity index (χ2n) is 6.45. The van der Waals surface area contributed by atoms with Crippen molar-refractivity contribution in [1.29, 1.82) is 0 Å². The molecule has 0 aliphatic carbocycles. The number of aryl methyl sites for hydroxylation is 1. The number of benzene rings is 2. The number of nitrogens with zero attached hydrogens (tertiary/aromatic N) is 1. The summed E-state index contributed by atoms with van der Waals surface area (Å²) in [7, 11) is -2.44. The van der Waals surface area contributed by atoms with Gasteiger partial charge in [-0.3, -0.25) is 14.3 Å². The van der Waals surface area contributed by atoms with E-state index in [-0.39, 0.29) is 17.1 Å². The molecule has 1 heterocycles. The van der Waals surface area contributed by atoms with E-state index in [9.17, 15) is 18.0 Å². The summed E-state index contributed by atoms with van der Waals surface area (Å²) >= 11 is 0. The van der Waals surface area contributed by atoms with E-state index in [1.807, 2.05) is 0 Å². The van der Waals surface area contributed by atoms with Gasteiger partial charge >= 0.3 is 0 Å². The van der Waals surface area contributed by atoms with Gasteiger partial charge in [-0.05, 0) is 43.3 Å². The minimum absolute atomic E-state index is 0.0328. The number of nitrogens with one attached hydrogen (secondary N) is 2. The Bertz CT molecular complexity index is 1220. The number of carbonyl (C=O) groups excluding carboxylic acids is 1. The Kier molecular flexibility index (Phi) is 6.22. The molecule has 3 aromatic rings. The van der Waals surface area contributed by atoms with Crippen LogP contribution >= 0.6 is 0 Å². The molecule has 30 heavy (non-hydrogen) atoms. The molecule has 2 N–H and O–H groups in total. The number of sulfonamides is 1. The molecule has 0 aliphatic heterocycles. The zero-order valence-corrected chi connectivity index (χ0v) is 17.3. The molecule has 3 rings (SSSR count). The summed E-state index contributed by atoms with van der Waals surface area (Å²) < 4.78 is 33.8. The third-order valence-electron chi connectivity index (χ3n) is 4.37. The quantitative estimate of drug-likeness (QED) is 0.603. The molecule has 156 valence electrons. The van der Waals surface area contributed by atoms with Crippen LogP contribution in [-0.2, 0) is 21.4 Å². The first-order valence-corrected chi connectivity index (χ1v) is 10.5. The van der Waals surface area contributed by atoms with Crippen LogP contribution in [0.1, 0.15) is 5.69 Å². The molecule has 0 saturated carbocycles. The van der Waals surface area contributed by atoms with Crippen molar-refractivity contribution in [3.63, 3.8) is 0 Å². The van der Waals surface area contributed by atoms with Crippen molar-refractivity contribution in [2.75, 3.05) is 17.1 Å². The summed E-state index contributed by atoms with van der Waals surface area (Å²) in [5, 5.41) is 2.70. The molecule has 2 aromatic carbocycles. The van der Waals surface area contributed by atoms with Gasteiger partial charge in [-0.15, -0.1) is 0 Å². The number of pyridine rings is 1. The highest BCUT2D eigenvalue weighted by Gasteiger charge is 2.18. The molecule has 0 spiro atoms. The smallest absolute Gasteiger partial charge is 0.275 e. The van der Waals surface area contributed by atoms with Crippen LogP contribution < -0.4 is 20.3 Å². The Morgan fingerprint density at radius 1 is 0.967 bits per heavy atom. The number of para-hydroxylation sites is 2. The Morgan fingerprint density at radius 2 is 1.63 bits per heavy atom. The van der Waals surface area contributed by atoms with E-state index in [0.717, 1.165) is 0 Å². The molecule has 0 fully saturated rings. The van der Waals surface area contributed by atoms with E-state index in [1.54, 1.807) is 55.5 Å². The van der Waals surface area contributed by atoms with Crippen LogP contribution in [0.5, 0.6) is 5.75 Å². The molecule has 0 saturated heterocycles. The summed E-state index contributed by atoms with van der Waals surface area (Å²) in [6.45, 7) is 1.37. The minimum Gasteiger partial charge on any atom is -0.495 e. The van der Waals surface area contributed by atoms with E-state index in [2.05, 4.69) is 10.0 Å². The zero-order chi connectivity index (χ0) is 21.7. The largest absolute Gasteiger partial charge is 0.495 e. The van der Waals surface area contributed by atoms with Crippen molar-refractivity contribution in [3.8, 4) is 5.75 Å². The summed E-state index contributed by atoms with van der Waals surface area (Å²) in [6.07, 6.45) is 0. The maximum atomic E-state index is 12.8. The lowest BCUT2D eigenvalue weighted by Gasteiger charge is -2.14. The van der Waals surface area contributed by atoms with Crippen LogP contribution in [0.4, 0.5) is 11.4 Å². The van der Waals surface area contributed by atoms with Crippen molar-refractivity contribution < 1.29 is 17.9 Å². The minimum atomic E-state index is -3.93. The second kappa shape index (κ2) is 8.83. The van der Waals surface area contributed by atoms with E-state index in [0.29, 0.717) is 17.1 Å². The topological polar surface area (TPSA) is 106 Å². The maximum absolute atomic E-state index is 12.8. The number of ether oxygens (including phenoxy) is 1. The number of methoxy groups -OCH3 is 1. The number of hydrogen-bond acceptors (Lipinski definition) is 5. The van der Waals surface area contributed by atoms with Crippen LogP contribution in [-0.4, -0.2) is 26.0 Å². The average molecular weight is 427 g/mol. The standard InChI is InChI=1S/C21H21N3O5S/c1-15-12-13-18(23-30(27,28)16-8-4-3-5-9-16)21(26)24(15)14-20(25)22-17-10-6-7-11-19(17)29-2/h3-13,23H,14H2,1-2H3,(H,22,25). The van der Waals surface area contributed by atoms with Crippen molar-refractivity contribution in [1.82, 2.24) is 4.57 Å². The number of rotatable bonds is 7. The van der Waals surface area contributed by atoms with E-state index in [4.69, 9.17) is 4.74 Å². The molecule has 0 unspecified atom stereocenters. The first-order valence-electron chi connectivity index (χ1n) is 9.03. The van der Waals surface area contributed by atoms with Crippen molar-refractivity contribution in [2.24, 2.45) is 0 Å². The third kappa shape index (κ3) is 4.69. The molecule has 1 aromatic heterocycles. The fourth-order valence-corrected chi connectivity index (χ4v) is 3.91. The summed E-state index contributed by atoms with van der Waals surface area (Å²) in [6, 6.07) is 17.6. The molecule has 9 heteroatoms. The Balaban J connectivity index is 1.84. The molecular formula is C21H21N3O5S. The van der Waals surface area contributed by atoms with Gasteiger partial charge in [-0.25, -0.2) is 8.42 Å². The Morgan fingerprint density at radius 3 is 2.33 bits per heavy atom. The first-order chi connectivity index (χ1) is 14.3. The number of anilines is 2. The van der Waals surface area contributed by atoms with Gasteiger partial charge in [0.2, 0.25) is 5.91 Å². The van der Waals surface area contributed by atoms with Gasteiger partial charge in [0, 0.05) is 5.69 Å². The Hall–Kier alpha value is -3.59. The summed E-state index contributed by atoms with van der Waals surface area (Å²) in [5.41, 5.74) is 0.216. The van der Waals surface area contributed by atoms with Gasteiger partial charge < -0.3 is 14.6 Å². The number of hydrogen-bond donors (Lipinski definition) is 2. The summed E-state index contributed by atoms with van der Waals surface area (Å²) in [4.78, 5) is 25.4. The van der Waals surface area contributed by atoms with Crippen molar-refractivity contribution in [3.05, 3.63) is 82.8 Å². The third-order valence-corrected chi connectivity index (χ3v) is 5.75. The first kappa shape index (κ1) is 21.1. The van der Waals surface area contributed by atoms with Gasteiger partial charge in [0.25, 0.3) is 15.6 Å². The highest BCUT2D eigenvalue weighted by molar-refractivity contribution is 7.92. The normalized spacial score (nSPS) is 11.0. The molecule has 8 nitrogen and oxygen atoms in total. The lowest BCUT2D eigenvalue weighted by atomic mass is 10.3. The van der Waals surface area contributed by atoms with Crippen molar-refractivity contribution in [2.45, 2.75) is 18.4 Å². The predicted octanol–water partition coefficient (Wildman–Crippen LogP) is 2.60. The molecule has 0 aliphatic rings. The van der Waals surface area contributed by atoms with Crippen molar-refractivity contribution >= 4 is 27.3 Å². The van der Waals surface area contributed by atoms with E-state index < -0.39 is 21.5 Å². The number of aromatic nitrogens is 1. The van der Waals surface area contributed by atoms with Gasteiger partial charge in [-0.2, -0.15) is 0 Å². The van der Waals surface area contributed by atoms with Gasteiger partial charge in [0.1, 0.15) is 18.0 Å². The van der Waals surface area contributed by atoms with E-state index in [1.165, 1.54) is 29.9 Å². The maximum Gasteiger partial charge on any atom is 0.275 e. The zero-order valence-electron chi connectivity index (χ0n) is 16.5. The predicted molar refractivity (Wildman–Crippen MR) is 114 cm³/mol. The van der Waals surface area contributed by atoms with Crippen LogP contribution in [0, 0.1) is 6.92 Å². The van der Waals surface area contributed by atoms with Gasteiger partial charge in [0.15, 0.2) is 0 Å². The highest BCUT2D eigenvalue weighted by atomic mass is 32.2. The van der Waals surface area contributed by atoms with Crippen LogP contribution in [0.15, 0.2) is 76.4 Å². The lowest BCUT2D eigenvalue weighted by Crippen LogP contribution is -2.31. The molecule has 0 atom stereocenters. The van der Waals surface area contributed by atoms with E-state index >= 15 is 0 Å². The summed E-state index contributed by atoms with van der Waals surface area (Å²) in [5.74, 6) is 0.0343. The highest BCUT2D eigenvalue weighted by Crippen LogP contribution is 2.23. The van der Waals surface area contributed by atoms with Crippen LogP contribution in [0.2, 0.25) is 0 Å². The fraction of sp³-hybridized carbons (Fsp3) is 0.143. The number of carbonyl (C=O) groups is 1. The van der Waals surface area contributed by atoms with Gasteiger partial charge in [-0.1, -0.05) is 30.3 Å². The molecule has 0 radical (unpaired) electrons.